The minimum absolute atomic E-state index is 0.0222. The van der Waals surface area contributed by atoms with Crippen molar-refractivity contribution in [1.29, 1.82) is 0 Å². The van der Waals surface area contributed by atoms with E-state index in [1.165, 1.54) is 6.07 Å². The van der Waals surface area contributed by atoms with Crippen LogP contribution >= 0.6 is 0 Å². The average Bonchev–Trinajstić information content (AvgIpc) is 3.34. The van der Waals surface area contributed by atoms with E-state index in [1.807, 2.05) is 25.1 Å². The molecule has 0 aliphatic carbocycles. The fourth-order valence-electron chi connectivity index (χ4n) is 3.59. The fraction of sp³-hybridized carbons (Fsp3) is 0.250. The second-order valence-corrected chi connectivity index (χ2v) is 7.25. The molecule has 0 unspecified atom stereocenters. The van der Waals surface area contributed by atoms with Gasteiger partial charge in [0.2, 0.25) is 5.91 Å². The number of carbonyl (C=O) groups excluding carboxylic acids is 1. The van der Waals surface area contributed by atoms with E-state index in [0.29, 0.717) is 36.5 Å². The summed E-state index contributed by atoms with van der Waals surface area (Å²) in [5.74, 6) is 1.78. The Hall–Kier alpha value is -3.41. The summed E-state index contributed by atoms with van der Waals surface area (Å²) in [5, 5.41) is 2.96. The molecule has 1 amide bonds. The van der Waals surface area contributed by atoms with Gasteiger partial charge >= 0.3 is 0 Å². The van der Waals surface area contributed by atoms with Crippen molar-refractivity contribution in [3.63, 3.8) is 0 Å². The number of nitrogens with one attached hydrogen (secondary N) is 1. The number of hydrogen-bond donors (Lipinski definition) is 1. The molecule has 4 aromatic rings. The van der Waals surface area contributed by atoms with Crippen LogP contribution in [-0.2, 0) is 17.8 Å². The monoisotopic (exact) mass is 405 g/mol. The zero-order chi connectivity index (χ0) is 20.9. The largest absolute Gasteiger partial charge is 0.461 e. The first kappa shape index (κ1) is 19.9. The van der Waals surface area contributed by atoms with Crippen molar-refractivity contribution in [3.8, 4) is 11.3 Å². The number of hydrogen-bond acceptors (Lipinski definition) is 3. The van der Waals surface area contributed by atoms with E-state index in [0.717, 1.165) is 29.8 Å². The topological polar surface area (TPSA) is 60.1 Å². The summed E-state index contributed by atoms with van der Waals surface area (Å²) in [6, 6.07) is 18.1. The molecule has 0 aliphatic heterocycles. The highest BCUT2D eigenvalue weighted by Gasteiger charge is 2.11. The van der Waals surface area contributed by atoms with E-state index in [9.17, 15) is 9.18 Å². The molecule has 0 radical (unpaired) electrons. The lowest BCUT2D eigenvalue weighted by Crippen LogP contribution is -2.25. The summed E-state index contributed by atoms with van der Waals surface area (Å²) in [6.45, 7) is 3.40. The third-order valence-corrected chi connectivity index (χ3v) is 5.13. The zero-order valence-corrected chi connectivity index (χ0v) is 16.9. The molecule has 4 rings (SSSR count). The van der Waals surface area contributed by atoms with Crippen LogP contribution in [0, 0.1) is 12.7 Å². The van der Waals surface area contributed by atoms with Crippen LogP contribution in [0.1, 0.15) is 24.4 Å². The number of para-hydroxylation sites is 2. The second-order valence-electron chi connectivity index (χ2n) is 7.25. The number of furan rings is 1. The Balaban J connectivity index is 1.23. The molecule has 0 spiro atoms. The summed E-state index contributed by atoms with van der Waals surface area (Å²) >= 11 is 0. The van der Waals surface area contributed by atoms with Gasteiger partial charge in [-0.1, -0.05) is 24.3 Å². The first-order valence-corrected chi connectivity index (χ1v) is 10.1. The highest BCUT2D eigenvalue weighted by molar-refractivity contribution is 5.76. The van der Waals surface area contributed by atoms with Gasteiger partial charge in [-0.15, -0.1) is 0 Å². The number of imidazole rings is 1. The number of halogens is 1. The molecule has 2 aromatic carbocycles. The van der Waals surface area contributed by atoms with Gasteiger partial charge in [-0.3, -0.25) is 4.79 Å². The van der Waals surface area contributed by atoms with Crippen LogP contribution in [0.15, 0.2) is 65.1 Å². The molecular weight excluding hydrogens is 381 g/mol. The lowest BCUT2D eigenvalue weighted by atomic mass is 10.1. The van der Waals surface area contributed by atoms with Crippen molar-refractivity contribution in [1.82, 2.24) is 14.9 Å². The number of benzene rings is 2. The molecule has 30 heavy (non-hydrogen) atoms. The minimum atomic E-state index is -0.322. The fourth-order valence-corrected chi connectivity index (χ4v) is 3.59. The van der Waals surface area contributed by atoms with Crippen LogP contribution in [0.4, 0.5) is 4.39 Å². The SMILES string of the molecule is Cc1nc2ccccc2n1CCCNC(=O)CCc1ccc(-c2ccccc2F)o1. The van der Waals surface area contributed by atoms with Crippen molar-refractivity contribution in [2.24, 2.45) is 0 Å². The molecule has 0 fully saturated rings. The molecular formula is C24H24FN3O2. The molecule has 0 bridgehead atoms. The number of carbonyl (C=O) groups is 1. The minimum Gasteiger partial charge on any atom is -0.461 e. The van der Waals surface area contributed by atoms with Gasteiger partial charge < -0.3 is 14.3 Å². The second kappa shape index (κ2) is 8.95. The van der Waals surface area contributed by atoms with Crippen LogP contribution in [0.25, 0.3) is 22.4 Å². The van der Waals surface area contributed by atoms with E-state index in [1.54, 1.807) is 30.3 Å². The van der Waals surface area contributed by atoms with E-state index in [4.69, 9.17) is 4.42 Å². The smallest absolute Gasteiger partial charge is 0.220 e. The number of aromatic nitrogens is 2. The Labute approximate surface area is 174 Å². The van der Waals surface area contributed by atoms with Crippen LogP contribution in [0.3, 0.4) is 0 Å². The number of aryl methyl sites for hydroxylation is 3. The quantitative estimate of drug-likeness (QED) is 0.425. The van der Waals surface area contributed by atoms with Gasteiger partial charge in [-0.05, 0) is 49.7 Å². The summed E-state index contributed by atoms with van der Waals surface area (Å²) in [4.78, 5) is 16.7. The number of amides is 1. The Bertz CT molecular complexity index is 1160. The Morgan fingerprint density at radius 2 is 1.90 bits per heavy atom. The van der Waals surface area contributed by atoms with Crippen molar-refractivity contribution in [3.05, 3.63) is 78.1 Å². The van der Waals surface area contributed by atoms with Crippen molar-refractivity contribution in [2.75, 3.05) is 6.54 Å². The van der Waals surface area contributed by atoms with E-state index in [-0.39, 0.29) is 11.7 Å². The predicted molar refractivity (Wildman–Crippen MR) is 115 cm³/mol. The van der Waals surface area contributed by atoms with Crippen molar-refractivity contribution >= 4 is 16.9 Å². The van der Waals surface area contributed by atoms with Crippen LogP contribution in [0.5, 0.6) is 0 Å². The van der Waals surface area contributed by atoms with Crippen molar-refractivity contribution < 1.29 is 13.6 Å². The van der Waals surface area contributed by atoms with Gasteiger partial charge in [0.15, 0.2) is 0 Å². The summed E-state index contributed by atoms with van der Waals surface area (Å²) < 4.78 is 21.7. The van der Waals surface area contributed by atoms with Gasteiger partial charge in [0.25, 0.3) is 0 Å². The van der Waals surface area contributed by atoms with Crippen LogP contribution in [0.2, 0.25) is 0 Å². The molecule has 154 valence electrons. The third-order valence-electron chi connectivity index (χ3n) is 5.13. The van der Waals surface area contributed by atoms with Crippen LogP contribution in [-0.4, -0.2) is 22.0 Å². The van der Waals surface area contributed by atoms with E-state index in [2.05, 4.69) is 20.9 Å². The Kier molecular flexibility index (Phi) is 5.93. The first-order chi connectivity index (χ1) is 14.6. The molecule has 0 atom stereocenters. The zero-order valence-electron chi connectivity index (χ0n) is 16.9. The van der Waals surface area contributed by atoms with Gasteiger partial charge in [0.05, 0.1) is 16.6 Å². The standard InChI is InChI=1S/C24H24FN3O2/c1-17-27-21-9-4-5-10-22(21)28(17)16-6-15-26-24(29)14-12-18-11-13-23(30-18)19-7-2-3-8-20(19)25/h2-5,7-11,13H,6,12,14-16H2,1H3,(H,26,29). The lowest BCUT2D eigenvalue weighted by molar-refractivity contribution is -0.121. The molecule has 1 N–H and O–H groups in total. The normalized spacial score (nSPS) is 11.1. The number of fused-ring (bicyclic) bond motifs is 1. The van der Waals surface area contributed by atoms with Crippen molar-refractivity contribution in [2.45, 2.75) is 32.7 Å². The summed E-state index contributed by atoms with van der Waals surface area (Å²) in [7, 11) is 0. The third kappa shape index (κ3) is 4.43. The molecule has 2 aromatic heterocycles. The number of nitrogens with zero attached hydrogens (tertiary/aromatic N) is 2. The van der Waals surface area contributed by atoms with E-state index >= 15 is 0 Å². The maximum atomic E-state index is 13.9. The van der Waals surface area contributed by atoms with Gasteiger partial charge in [0, 0.05) is 25.9 Å². The van der Waals surface area contributed by atoms with Crippen LogP contribution < -0.4 is 5.32 Å². The Morgan fingerprint density at radius 1 is 1.10 bits per heavy atom. The molecule has 6 heteroatoms. The highest BCUT2D eigenvalue weighted by atomic mass is 19.1. The maximum absolute atomic E-state index is 13.9. The summed E-state index contributed by atoms with van der Waals surface area (Å²) in [5.41, 5.74) is 2.53. The van der Waals surface area contributed by atoms with E-state index < -0.39 is 0 Å². The highest BCUT2D eigenvalue weighted by Crippen LogP contribution is 2.25. The Morgan fingerprint density at radius 3 is 2.77 bits per heavy atom. The molecule has 5 nitrogen and oxygen atoms in total. The summed E-state index contributed by atoms with van der Waals surface area (Å²) in [6.07, 6.45) is 1.63. The maximum Gasteiger partial charge on any atom is 0.220 e. The predicted octanol–water partition coefficient (Wildman–Crippen LogP) is 4.88. The molecule has 0 saturated heterocycles. The molecule has 2 heterocycles. The first-order valence-electron chi connectivity index (χ1n) is 10.1. The van der Waals surface area contributed by atoms with Gasteiger partial charge in [-0.2, -0.15) is 0 Å². The van der Waals surface area contributed by atoms with Gasteiger partial charge in [-0.25, -0.2) is 9.37 Å². The van der Waals surface area contributed by atoms with Gasteiger partial charge in [0.1, 0.15) is 23.2 Å². The molecule has 0 saturated carbocycles. The lowest BCUT2D eigenvalue weighted by Gasteiger charge is -2.08. The average molecular weight is 405 g/mol. The number of rotatable bonds is 8. The molecule has 0 aliphatic rings.